The lowest BCUT2D eigenvalue weighted by molar-refractivity contribution is -0.135. The maximum atomic E-state index is 13.0. The number of carbonyl (C=O) groups is 2. The van der Waals surface area contributed by atoms with Crippen molar-refractivity contribution in [3.63, 3.8) is 0 Å². The Morgan fingerprint density at radius 3 is 2.70 bits per heavy atom. The lowest BCUT2D eigenvalue weighted by atomic mass is 10.1. The second kappa shape index (κ2) is 8.30. The number of rotatable bonds is 5. The van der Waals surface area contributed by atoms with E-state index >= 15 is 0 Å². The van der Waals surface area contributed by atoms with Crippen molar-refractivity contribution in [2.45, 2.75) is 32.8 Å². The van der Waals surface area contributed by atoms with Gasteiger partial charge in [-0.1, -0.05) is 6.07 Å². The Labute approximate surface area is 175 Å². The lowest BCUT2D eigenvalue weighted by Crippen LogP contribution is -2.37. The van der Waals surface area contributed by atoms with Crippen molar-refractivity contribution in [2.75, 3.05) is 31.6 Å². The van der Waals surface area contributed by atoms with Gasteiger partial charge in [-0.2, -0.15) is 4.98 Å². The summed E-state index contributed by atoms with van der Waals surface area (Å²) in [5.41, 5.74) is 3.18. The van der Waals surface area contributed by atoms with Crippen LogP contribution in [0.1, 0.15) is 24.0 Å². The summed E-state index contributed by atoms with van der Waals surface area (Å²) in [7, 11) is 1.52. The molecule has 2 unspecified atom stereocenters. The van der Waals surface area contributed by atoms with Gasteiger partial charge in [0.15, 0.2) is 0 Å². The van der Waals surface area contributed by atoms with E-state index in [1.54, 1.807) is 9.80 Å². The third-order valence-corrected chi connectivity index (χ3v) is 5.82. The van der Waals surface area contributed by atoms with E-state index in [4.69, 9.17) is 9.47 Å². The van der Waals surface area contributed by atoms with Gasteiger partial charge in [-0.25, -0.2) is 0 Å². The van der Waals surface area contributed by atoms with Crippen molar-refractivity contribution in [1.29, 1.82) is 0 Å². The number of hydrogen-bond donors (Lipinski definition) is 0. The fourth-order valence-electron chi connectivity index (χ4n) is 3.96. The zero-order valence-corrected chi connectivity index (χ0v) is 17.5. The number of aryl methyl sites for hydroxylation is 2. The van der Waals surface area contributed by atoms with E-state index in [2.05, 4.69) is 9.97 Å². The van der Waals surface area contributed by atoms with Crippen molar-refractivity contribution in [1.82, 2.24) is 14.9 Å². The molecule has 2 aliphatic rings. The molecule has 30 heavy (non-hydrogen) atoms. The van der Waals surface area contributed by atoms with Gasteiger partial charge >= 0.3 is 0 Å². The maximum Gasteiger partial charge on any atom is 0.235 e. The molecule has 0 saturated carbocycles. The maximum absolute atomic E-state index is 13.0. The molecule has 2 aromatic rings. The Morgan fingerprint density at radius 2 is 1.93 bits per heavy atom. The van der Waals surface area contributed by atoms with Gasteiger partial charge < -0.3 is 19.3 Å². The van der Waals surface area contributed by atoms with Crippen LogP contribution < -0.4 is 14.4 Å². The van der Waals surface area contributed by atoms with Crippen LogP contribution in [0.4, 0.5) is 5.69 Å². The van der Waals surface area contributed by atoms with Crippen molar-refractivity contribution in [2.24, 2.45) is 5.92 Å². The molecule has 2 saturated heterocycles. The number of carbonyl (C=O) groups excluding carboxylic acids is 2. The second-order valence-electron chi connectivity index (χ2n) is 7.89. The normalized spacial score (nSPS) is 21.2. The van der Waals surface area contributed by atoms with Crippen molar-refractivity contribution in [3.05, 3.63) is 41.7 Å². The molecule has 2 atom stereocenters. The summed E-state index contributed by atoms with van der Waals surface area (Å²) in [6.07, 6.45) is 3.85. The Kier molecular flexibility index (Phi) is 5.57. The fraction of sp³-hybridized carbons (Fsp3) is 0.455. The molecule has 0 spiro atoms. The zero-order valence-electron chi connectivity index (χ0n) is 17.5. The Morgan fingerprint density at radius 1 is 1.13 bits per heavy atom. The van der Waals surface area contributed by atoms with Gasteiger partial charge in [0.25, 0.3) is 0 Å². The first-order chi connectivity index (χ1) is 14.4. The van der Waals surface area contributed by atoms with E-state index in [-0.39, 0.29) is 30.3 Å². The minimum absolute atomic E-state index is 0.00439. The predicted octanol–water partition coefficient (Wildman–Crippen LogP) is 2.13. The number of ether oxygens (including phenoxy) is 2. The average Bonchev–Trinajstić information content (AvgIpc) is 3.36. The number of amides is 2. The van der Waals surface area contributed by atoms with Crippen LogP contribution in [-0.4, -0.2) is 59.5 Å². The van der Waals surface area contributed by atoms with Gasteiger partial charge in [-0.3, -0.25) is 14.6 Å². The highest BCUT2D eigenvalue weighted by Gasteiger charge is 2.39. The first kappa shape index (κ1) is 20.1. The average molecular weight is 410 g/mol. The molecule has 8 nitrogen and oxygen atoms in total. The zero-order chi connectivity index (χ0) is 21.3. The summed E-state index contributed by atoms with van der Waals surface area (Å²) in [5.74, 6) is 0.446. The monoisotopic (exact) mass is 410 g/mol. The smallest absolute Gasteiger partial charge is 0.235 e. The molecule has 0 radical (unpaired) electrons. The van der Waals surface area contributed by atoms with Gasteiger partial charge in [0.2, 0.25) is 23.6 Å². The van der Waals surface area contributed by atoms with Gasteiger partial charge in [0.1, 0.15) is 6.10 Å². The lowest BCUT2D eigenvalue weighted by Gasteiger charge is -2.21. The van der Waals surface area contributed by atoms with E-state index < -0.39 is 0 Å². The van der Waals surface area contributed by atoms with Gasteiger partial charge in [0, 0.05) is 31.6 Å². The van der Waals surface area contributed by atoms with Crippen LogP contribution in [0.25, 0.3) is 0 Å². The molecule has 4 rings (SSSR count). The number of nitrogens with zero attached hydrogens (tertiary/aromatic N) is 4. The third kappa shape index (κ3) is 4.08. The van der Waals surface area contributed by atoms with E-state index in [9.17, 15) is 9.59 Å². The van der Waals surface area contributed by atoms with Crippen LogP contribution in [0.2, 0.25) is 0 Å². The summed E-state index contributed by atoms with van der Waals surface area (Å²) in [6, 6.07) is 5.97. The minimum Gasteiger partial charge on any atom is -0.480 e. The predicted molar refractivity (Wildman–Crippen MR) is 111 cm³/mol. The van der Waals surface area contributed by atoms with Gasteiger partial charge in [-0.05, 0) is 37.1 Å². The topological polar surface area (TPSA) is 84.9 Å². The third-order valence-electron chi connectivity index (χ3n) is 5.82. The standard InChI is InChI=1S/C22H26N4O4/c1-14-4-5-17(8-15(14)2)26-12-16(9-21(26)27)22(28)25-7-6-18(13-25)30-20-11-23-10-19(24-20)29-3/h4-5,8,10-11,16,18H,6-7,9,12-13H2,1-3H3. The van der Waals surface area contributed by atoms with Gasteiger partial charge in [-0.15, -0.1) is 0 Å². The van der Waals surface area contributed by atoms with Crippen LogP contribution in [0.15, 0.2) is 30.6 Å². The highest BCUT2D eigenvalue weighted by atomic mass is 16.5. The van der Waals surface area contributed by atoms with Crippen molar-refractivity contribution in [3.8, 4) is 11.8 Å². The van der Waals surface area contributed by atoms with Crippen molar-refractivity contribution < 1.29 is 19.1 Å². The van der Waals surface area contributed by atoms with E-state index in [1.807, 2.05) is 32.0 Å². The van der Waals surface area contributed by atoms with Crippen LogP contribution in [0.5, 0.6) is 11.8 Å². The number of hydrogen-bond acceptors (Lipinski definition) is 6. The van der Waals surface area contributed by atoms with Crippen LogP contribution in [-0.2, 0) is 9.59 Å². The van der Waals surface area contributed by atoms with Crippen LogP contribution in [0.3, 0.4) is 0 Å². The molecule has 0 aliphatic carbocycles. The van der Waals surface area contributed by atoms with Crippen LogP contribution >= 0.6 is 0 Å². The highest BCUT2D eigenvalue weighted by Crippen LogP contribution is 2.29. The molecule has 2 fully saturated rings. The molecule has 2 amide bonds. The molecule has 0 bridgehead atoms. The second-order valence-corrected chi connectivity index (χ2v) is 7.89. The molecule has 2 aliphatic heterocycles. The molecular formula is C22H26N4O4. The number of benzene rings is 1. The summed E-state index contributed by atoms with van der Waals surface area (Å²) in [4.78, 5) is 37.4. The minimum atomic E-state index is -0.325. The van der Waals surface area contributed by atoms with E-state index in [0.29, 0.717) is 37.8 Å². The summed E-state index contributed by atoms with van der Waals surface area (Å²) >= 11 is 0. The van der Waals surface area contributed by atoms with Gasteiger partial charge in [0.05, 0.1) is 32.0 Å². The highest BCUT2D eigenvalue weighted by molar-refractivity contribution is 6.00. The number of anilines is 1. The van der Waals surface area contributed by atoms with E-state index in [1.165, 1.54) is 25.1 Å². The Hall–Kier alpha value is -3.16. The fourth-order valence-corrected chi connectivity index (χ4v) is 3.96. The van der Waals surface area contributed by atoms with Crippen molar-refractivity contribution >= 4 is 17.5 Å². The molecule has 8 heteroatoms. The molecule has 0 N–H and O–H groups in total. The summed E-state index contributed by atoms with van der Waals surface area (Å²) < 4.78 is 10.9. The SMILES string of the molecule is COc1cncc(OC2CCN(C(=O)C3CC(=O)N(c4ccc(C)c(C)c4)C3)C2)n1. The molecule has 1 aromatic carbocycles. The summed E-state index contributed by atoms with van der Waals surface area (Å²) in [5, 5.41) is 0. The Bertz CT molecular complexity index is 964. The first-order valence-corrected chi connectivity index (χ1v) is 10.1. The number of aromatic nitrogens is 2. The first-order valence-electron chi connectivity index (χ1n) is 10.1. The summed E-state index contributed by atoms with van der Waals surface area (Å²) in [6.45, 7) is 5.57. The number of likely N-dealkylation sites (tertiary alicyclic amines) is 1. The number of methoxy groups -OCH3 is 1. The Balaban J connectivity index is 1.37. The van der Waals surface area contributed by atoms with Crippen LogP contribution in [0, 0.1) is 19.8 Å². The molecule has 3 heterocycles. The molecule has 1 aromatic heterocycles. The van der Waals surface area contributed by atoms with E-state index in [0.717, 1.165) is 11.3 Å². The molecule has 158 valence electrons. The molecular weight excluding hydrogens is 384 g/mol. The largest absolute Gasteiger partial charge is 0.480 e. The quantitative estimate of drug-likeness (QED) is 0.751.